The van der Waals surface area contributed by atoms with Crippen LogP contribution in [0.25, 0.3) is 10.6 Å². The molecule has 1 radical (unpaired) electrons. The van der Waals surface area contributed by atoms with Gasteiger partial charge in [-0.15, -0.1) is 11.3 Å². The second-order valence-corrected chi connectivity index (χ2v) is 3.14. The summed E-state index contributed by atoms with van der Waals surface area (Å²) in [4.78, 5) is 4.68. The number of thiophene rings is 1. The number of rotatable bonds is 1. The van der Waals surface area contributed by atoms with Crippen molar-refractivity contribution in [1.82, 2.24) is 4.98 Å². The van der Waals surface area contributed by atoms with E-state index in [1.54, 1.807) is 18.2 Å². The van der Waals surface area contributed by atoms with E-state index in [0.29, 0.717) is 5.69 Å². The molecular weight excluding hydrogens is 173 g/mol. The van der Waals surface area contributed by atoms with Crippen LogP contribution in [0, 0.1) is 11.3 Å². The minimum absolute atomic E-state index is 0.444. The Bertz CT molecular complexity index is 370. The van der Waals surface area contributed by atoms with E-state index in [2.05, 4.69) is 10.4 Å². The summed E-state index contributed by atoms with van der Waals surface area (Å²) in [5, 5.41) is 2.93. The zero-order valence-corrected chi connectivity index (χ0v) is 6.94. The summed E-state index contributed by atoms with van der Waals surface area (Å²) in [6, 6.07) is 8.43. The standard InChI is InChI=1S/C9H5FNS/c10-9-5-1-3-7(11-9)8-4-2-6-12-8/h1-5H. The molecule has 12 heavy (non-hydrogen) atoms. The number of pyridine rings is 1. The van der Waals surface area contributed by atoms with Crippen molar-refractivity contribution in [1.29, 1.82) is 0 Å². The maximum atomic E-state index is 12.6. The first-order chi connectivity index (χ1) is 5.86. The molecule has 0 saturated carbocycles. The van der Waals surface area contributed by atoms with Crippen LogP contribution < -0.4 is 0 Å². The second kappa shape index (κ2) is 3.03. The van der Waals surface area contributed by atoms with Crippen LogP contribution in [-0.4, -0.2) is 4.98 Å². The Morgan fingerprint density at radius 3 is 2.92 bits per heavy atom. The van der Waals surface area contributed by atoms with Crippen LogP contribution in [0.1, 0.15) is 0 Å². The number of hydrogen-bond acceptors (Lipinski definition) is 2. The molecule has 0 spiro atoms. The minimum atomic E-state index is -0.444. The summed E-state index contributed by atoms with van der Waals surface area (Å²) >= 11 is 1.43. The Balaban J connectivity index is 2.48. The van der Waals surface area contributed by atoms with Crippen LogP contribution in [0.2, 0.25) is 0 Å². The van der Waals surface area contributed by atoms with Gasteiger partial charge in [0.2, 0.25) is 5.95 Å². The van der Waals surface area contributed by atoms with Crippen molar-refractivity contribution in [2.24, 2.45) is 0 Å². The molecule has 0 aromatic carbocycles. The molecule has 2 aromatic heterocycles. The quantitative estimate of drug-likeness (QED) is 0.612. The van der Waals surface area contributed by atoms with Crippen LogP contribution in [0.3, 0.4) is 0 Å². The Hall–Kier alpha value is -1.22. The highest BCUT2D eigenvalue weighted by atomic mass is 32.1. The second-order valence-electron chi connectivity index (χ2n) is 2.26. The molecule has 3 heteroatoms. The van der Waals surface area contributed by atoms with Crippen molar-refractivity contribution in [2.45, 2.75) is 0 Å². The summed E-state index contributed by atoms with van der Waals surface area (Å²) in [6.07, 6.45) is 0. The van der Waals surface area contributed by atoms with Gasteiger partial charge in [0.15, 0.2) is 0 Å². The van der Waals surface area contributed by atoms with Crippen molar-refractivity contribution in [3.05, 3.63) is 41.7 Å². The minimum Gasteiger partial charge on any atom is -0.219 e. The molecule has 0 fully saturated rings. The van der Waals surface area contributed by atoms with E-state index >= 15 is 0 Å². The maximum Gasteiger partial charge on any atom is 0.213 e. The van der Waals surface area contributed by atoms with E-state index in [4.69, 9.17) is 0 Å². The van der Waals surface area contributed by atoms with Gasteiger partial charge in [-0.3, -0.25) is 0 Å². The van der Waals surface area contributed by atoms with Gasteiger partial charge in [0.25, 0.3) is 0 Å². The first-order valence-electron chi connectivity index (χ1n) is 3.45. The summed E-state index contributed by atoms with van der Waals surface area (Å²) in [5.74, 6) is -0.444. The third kappa shape index (κ3) is 1.36. The highest BCUT2D eigenvalue weighted by Gasteiger charge is 2.00. The Labute approximate surface area is 73.5 Å². The number of nitrogens with zero attached hydrogens (tertiary/aromatic N) is 1. The summed E-state index contributed by atoms with van der Waals surface area (Å²) in [5.41, 5.74) is 0.668. The zero-order chi connectivity index (χ0) is 8.39. The molecule has 59 valence electrons. The van der Waals surface area contributed by atoms with Crippen molar-refractivity contribution in [3.63, 3.8) is 0 Å². The summed E-state index contributed by atoms with van der Waals surface area (Å²) < 4.78 is 12.6. The van der Waals surface area contributed by atoms with Gasteiger partial charge in [-0.1, -0.05) is 6.07 Å². The molecule has 0 N–H and O–H groups in total. The molecule has 0 unspecified atom stereocenters. The summed E-state index contributed by atoms with van der Waals surface area (Å²) in [7, 11) is 0. The average molecular weight is 178 g/mol. The van der Waals surface area contributed by atoms with Crippen LogP contribution in [0.15, 0.2) is 30.3 Å². The van der Waals surface area contributed by atoms with Gasteiger partial charge >= 0.3 is 0 Å². The van der Waals surface area contributed by atoms with Crippen molar-refractivity contribution in [3.8, 4) is 10.6 Å². The molecule has 0 amide bonds. The largest absolute Gasteiger partial charge is 0.219 e. The molecular formula is C9H5FNS. The lowest BCUT2D eigenvalue weighted by molar-refractivity contribution is 0.585. The van der Waals surface area contributed by atoms with Crippen LogP contribution in [0.5, 0.6) is 0 Å². The molecule has 0 aliphatic heterocycles. The number of halogens is 1. The fourth-order valence-corrected chi connectivity index (χ4v) is 1.54. The van der Waals surface area contributed by atoms with E-state index in [0.717, 1.165) is 4.88 Å². The van der Waals surface area contributed by atoms with Crippen molar-refractivity contribution < 1.29 is 4.39 Å². The normalized spacial score (nSPS) is 10.1. The first kappa shape index (κ1) is 7.43. The van der Waals surface area contributed by atoms with E-state index in [9.17, 15) is 4.39 Å². The van der Waals surface area contributed by atoms with Gasteiger partial charge in [0.05, 0.1) is 10.6 Å². The molecule has 1 nitrogen and oxygen atoms in total. The predicted octanol–water partition coefficient (Wildman–Crippen LogP) is 2.75. The molecule has 2 rings (SSSR count). The van der Waals surface area contributed by atoms with Crippen molar-refractivity contribution in [2.75, 3.05) is 0 Å². The highest BCUT2D eigenvalue weighted by molar-refractivity contribution is 7.13. The third-order valence-electron chi connectivity index (χ3n) is 1.44. The molecule has 0 aliphatic rings. The van der Waals surface area contributed by atoms with E-state index in [1.165, 1.54) is 17.4 Å². The topological polar surface area (TPSA) is 12.9 Å². The smallest absolute Gasteiger partial charge is 0.213 e. The van der Waals surface area contributed by atoms with Crippen LogP contribution in [0.4, 0.5) is 4.39 Å². The Morgan fingerprint density at radius 1 is 1.33 bits per heavy atom. The van der Waals surface area contributed by atoms with Gasteiger partial charge in [-0.05, 0) is 24.3 Å². The van der Waals surface area contributed by atoms with Crippen LogP contribution in [-0.2, 0) is 0 Å². The summed E-state index contributed by atoms with van der Waals surface area (Å²) in [6.45, 7) is 0. The Morgan fingerprint density at radius 2 is 2.25 bits per heavy atom. The van der Waals surface area contributed by atoms with Crippen LogP contribution >= 0.6 is 11.3 Å². The Kier molecular flexibility index (Phi) is 1.87. The van der Waals surface area contributed by atoms with E-state index in [1.807, 2.05) is 6.07 Å². The highest BCUT2D eigenvalue weighted by Crippen LogP contribution is 2.21. The maximum absolute atomic E-state index is 12.6. The number of hydrogen-bond donors (Lipinski definition) is 0. The third-order valence-corrected chi connectivity index (χ3v) is 2.26. The van der Waals surface area contributed by atoms with E-state index in [-0.39, 0.29) is 0 Å². The molecule has 2 aromatic rings. The van der Waals surface area contributed by atoms with Gasteiger partial charge in [-0.25, -0.2) is 4.98 Å². The predicted molar refractivity (Wildman–Crippen MR) is 46.3 cm³/mol. The first-order valence-corrected chi connectivity index (χ1v) is 4.27. The zero-order valence-electron chi connectivity index (χ0n) is 6.12. The SMILES string of the molecule is Fc1cccc(-c2cc[c]s2)n1. The van der Waals surface area contributed by atoms with Gasteiger partial charge < -0.3 is 0 Å². The average Bonchev–Trinajstić information content (AvgIpc) is 2.56. The fourth-order valence-electron chi connectivity index (χ4n) is 0.924. The lowest BCUT2D eigenvalue weighted by Crippen LogP contribution is -1.83. The molecule has 0 bridgehead atoms. The monoisotopic (exact) mass is 178 g/mol. The number of aromatic nitrogens is 1. The van der Waals surface area contributed by atoms with Crippen molar-refractivity contribution >= 4 is 11.3 Å². The fraction of sp³-hybridized carbons (Fsp3) is 0. The van der Waals surface area contributed by atoms with E-state index < -0.39 is 5.95 Å². The van der Waals surface area contributed by atoms with Gasteiger partial charge in [-0.2, -0.15) is 4.39 Å². The lowest BCUT2D eigenvalue weighted by atomic mass is 10.3. The molecule has 2 heterocycles. The molecule has 0 saturated heterocycles. The lowest BCUT2D eigenvalue weighted by Gasteiger charge is -1.94. The molecule has 0 atom stereocenters. The molecule has 0 aliphatic carbocycles. The van der Waals surface area contributed by atoms with Gasteiger partial charge in [0, 0.05) is 5.38 Å². The van der Waals surface area contributed by atoms with Gasteiger partial charge in [0.1, 0.15) is 0 Å².